The fraction of sp³-hybridized carbons (Fsp3) is 0.318. The summed E-state index contributed by atoms with van der Waals surface area (Å²) in [7, 11) is 0. The van der Waals surface area contributed by atoms with E-state index in [1.807, 2.05) is 0 Å². The molecule has 0 aliphatic heterocycles. The summed E-state index contributed by atoms with van der Waals surface area (Å²) in [5.41, 5.74) is 5.27. The van der Waals surface area contributed by atoms with Gasteiger partial charge in [0.2, 0.25) is 5.91 Å². The minimum absolute atomic E-state index is 0.0287. The van der Waals surface area contributed by atoms with Crippen molar-refractivity contribution >= 4 is 29.3 Å². The smallest absolute Gasteiger partial charge is 0.269 e. The summed E-state index contributed by atoms with van der Waals surface area (Å²) in [4.78, 5) is 36.5. The molecule has 0 spiro atoms. The van der Waals surface area contributed by atoms with Crippen LogP contribution in [0, 0.1) is 17.7 Å². The number of halogens is 2. The highest BCUT2D eigenvalue weighted by molar-refractivity contribution is 6.30. The van der Waals surface area contributed by atoms with Crippen molar-refractivity contribution in [1.82, 2.24) is 16.2 Å². The topological polar surface area (TPSA) is 87.3 Å². The number of rotatable bonds is 5. The van der Waals surface area contributed by atoms with Gasteiger partial charge in [0.15, 0.2) is 0 Å². The van der Waals surface area contributed by atoms with Gasteiger partial charge in [0, 0.05) is 23.0 Å². The number of amides is 3. The Balaban J connectivity index is 1.39. The second-order valence-corrected chi connectivity index (χ2v) is 7.80. The molecule has 0 heterocycles. The van der Waals surface area contributed by atoms with Crippen molar-refractivity contribution in [2.24, 2.45) is 11.8 Å². The summed E-state index contributed by atoms with van der Waals surface area (Å²) in [6, 6.07) is 12.3. The van der Waals surface area contributed by atoms with Gasteiger partial charge in [-0.05, 0) is 61.9 Å². The van der Waals surface area contributed by atoms with Gasteiger partial charge in [-0.2, -0.15) is 0 Å². The van der Waals surface area contributed by atoms with Gasteiger partial charge in [0.1, 0.15) is 5.82 Å². The summed E-state index contributed by atoms with van der Waals surface area (Å²) in [5.74, 6) is -1.63. The van der Waals surface area contributed by atoms with Crippen molar-refractivity contribution in [2.45, 2.75) is 25.7 Å². The molecule has 0 radical (unpaired) electrons. The van der Waals surface area contributed by atoms with Crippen LogP contribution in [0.25, 0.3) is 0 Å². The third kappa shape index (κ3) is 5.79. The van der Waals surface area contributed by atoms with Crippen molar-refractivity contribution in [1.29, 1.82) is 0 Å². The summed E-state index contributed by atoms with van der Waals surface area (Å²) >= 11 is 5.86. The first-order chi connectivity index (χ1) is 14.4. The van der Waals surface area contributed by atoms with Crippen molar-refractivity contribution in [3.8, 4) is 0 Å². The Bertz CT molecular complexity index is 929. The second-order valence-electron chi connectivity index (χ2n) is 7.36. The van der Waals surface area contributed by atoms with Gasteiger partial charge < -0.3 is 5.32 Å². The molecule has 0 unspecified atom stereocenters. The van der Waals surface area contributed by atoms with E-state index in [4.69, 9.17) is 11.6 Å². The van der Waals surface area contributed by atoms with Crippen molar-refractivity contribution in [3.05, 3.63) is 70.5 Å². The average Bonchev–Trinajstić information content (AvgIpc) is 2.76. The summed E-state index contributed by atoms with van der Waals surface area (Å²) < 4.78 is 13.7. The number of carbonyl (C=O) groups is 3. The third-order valence-electron chi connectivity index (χ3n) is 5.27. The zero-order valence-corrected chi connectivity index (χ0v) is 17.0. The zero-order chi connectivity index (χ0) is 21.5. The van der Waals surface area contributed by atoms with Gasteiger partial charge in [-0.3, -0.25) is 25.2 Å². The lowest BCUT2D eigenvalue weighted by molar-refractivity contribution is -0.127. The van der Waals surface area contributed by atoms with Gasteiger partial charge in [0.25, 0.3) is 11.8 Å². The van der Waals surface area contributed by atoms with E-state index in [0.717, 1.165) is 12.8 Å². The number of hydrogen-bond acceptors (Lipinski definition) is 3. The first-order valence-electron chi connectivity index (χ1n) is 9.82. The Morgan fingerprint density at radius 2 is 1.67 bits per heavy atom. The van der Waals surface area contributed by atoms with Crippen molar-refractivity contribution in [2.75, 3.05) is 6.54 Å². The number of carbonyl (C=O) groups excluding carboxylic acids is 3. The molecule has 1 saturated carbocycles. The lowest BCUT2D eigenvalue weighted by atomic mass is 9.81. The van der Waals surface area contributed by atoms with Crippen LogP contribution >= 0.6 is 11.6 Å². The zero-order valence-electron chi connectivity index (χ0n) is 16.3. The van der Waals surface area contributed by atoms with E-state index in [-0.39, 0.29) is 23.3 Å². The number of nitrogens with one attached hydrogen (secondary N) is 3. The monoisotopic (exact) mass is 431 g/mol. The van der Waals surface area contributed by atoms with Crippen LogP contribution in [0.3, 0.4) is 0 Å². The first kappa shape index (κ1) is 21.8. The average molecular weight is 432 g/mol. The molecule has 1 aliphatic carbocycles. The molecule has 0 atom stereocenters. The van der Waals surface area contributed by atoms with E-state index in [1.54, 1.807) is 24.3 Å². The van der Waals surface area contributed by atoms with Gasteiger partial charge in [0.05, 0.1) is 5.56 Å². The largest absolute Gasteiger partial charge is 0.352 e. The van der Waals surface area contributed by atoms with Crippen LogP contribution in [-0.4, -0.2) is 24.3 Å². The third-order valence-corrected chi connectivity index (χ3v) is 5.51. The number of benzene rings is 2. The molecule has 30 heavy (non-hydrogen) atoms. The van der Waals surface area contributed by atoms with Crippen LogP contribution in [0.2, 0.25) is 5.02 Å². The predicted molar refractivity (Wildman–Crippen MR) is 111 cm³/mol. The van der Waals surface area contributed by atoms with Crippen LogP contribution < -0.4 is 16.2 Å². The number of hydrogen-bond donors (Lipinski definition) is 3. The maximum absolute atomic E-state index is 13.7. The second kappa shape index (κ2) is 10.2. The highest BCUT2D eigenvalue weighted by Crippen LogP contribution is 2.28. The van der Waals surface area contributed by atoms with Crippen LogP contribution in [0.5, 0.6) is 0 Å². The minimum Gasteiger partial charge on any atom is -0.352 e. The summed E-state index contributed by atoms with van der Waals surface area (Å²) in [6.07, 6.45) is 2.83. The minimum atomic E-state index is -0.546. The molecule has 1 aliphatic rings. The Labute approximate surface area is 179 Å². The van der Waals surface area contributed by atoms with E-state index in [0.29, 0.717) is 30.0 Å². The van der Waals surface area contributed by atoms with Crippen LogP contribution in [0.4, 0.5) is 4.39 Å². The fourth-order valence-electron chi connectivity index (χ4n) is 3.53. The molecular formula is C22H23ClFN3O3. The Kier molecular flexibility index (Phi) is 7.41. The van der Waals surface area contributed by atoms with E-state index in [1.165, 1.54) is 24.3 Å². The molecule has 1 fully saturated rings. The molecule has 0 aromatic heterocycles. The Hall–Kier alpha value is -2.93. The van der Waals surface area contributed by atoms with Crippen molar-refractivity contribution < 1.29 is 18.8 Å². The van der Waals surface area contributed by atoms with Crippen molar-refractivity contribution in [3.63, 3.8) is 0 Å². The standard InChI is InChI=1S/C22H23ClFN3O3/c23-17-5-3-4-16(12-17)21(29)27-26-20(28)15-10-8-14(9-11-15)13-25-22(30)18-6-1-2-7-19(18)24/h1-7,12,14-15H,8-11,13H2,(H,25,30)(H,26,28)(H,27,29). The molecule has 8 heteroatoms. The van der Waals surface area contributed by atoms with Gasteiger partial charge in [-0.15, -0.1) is 0 Å². The molecule has 0 bridgehead atoms. The van der Waals surface area contributed by atoms with Crippen LogP contribution in [0.1, 0.15) is 46.4 Å². The lowest BCUT2D eigenvalue weighted by Gasteiger charge is -2.27. The van der Waals surface area contributed by atoms with Gasteiger partial charge >= 0.3 is 0 Å². The van der Waals surface area contributed by atoms with Gasteiger partial charge in [-0.1, -0.05) is 29.8 Å². The van der Waals surface area contributed by atoms with Crippen LogP contribution in [0.15, 0.2) is 48.5 Å². The van der Waals surface area contributed by atoms with E-state index in [2.05, 4.69) is 16.2 Å². The quantitative estimate of drug-likeness (QED) is 0.633. The lowest BCUT2D eigenvalue weighted by Crippen LogP contribution is -2.45. The van der Waals surface area contributed by atoms with E-state index < -0.39 is 17.6 Å². The molecule has 3 N–H and O–H groups in total. The van der Waals surface area contributed by atoms with Gasteiger partial charge in [-0.25, -0.2) is 4.39 Å². The Morgan fingerprint density at radius 3 is 2.37 bits per heavy atom. The highest BCUT2D eigenvalue weighted by Gasteiger charge is 2.27. The summed E-state index contributed by atoms with van der Waals surface area (Å²) in [5, 5.41) is 3.21. The maximum Gasteiger partial charge on any atom is 0.269 e. The fourth-order valence-corrected chi connectivity index (χ4v) is 3.72. The molecule has 2 aromatic carbocycles. The maximum atomic E-state index is 13.7. The predicted octanol–water partition coefficient (Wildman–Crippen LogP) is 3.48. The molecule has 3 amide bonds. The Morgan fingerprint density at radius 1 is 0.933 bits per heavy atom. The van der Waals surface area contributed by atoms with E-state index in [9.17, 15) is 18.8 Å². The molecule has 0 saturated heterocycles. The highest BCUT2D eigenvalue weighted by atomic mass is 35.5. The SMILES string of the molecule is O=C(NNC(=O)C1CCC(CNC(=O)c2ccccc2F)CC1)c1cccc(Cl)c1. The van der Waals surface area contributed by atoms with E-state index >= 15 is 0 Å². The molecule has 3 rings (SSSR count). The molecule has 158 valence electrons. The van der Waals surface area contributed by atoms with Crippen LogP contribution in [-0.2, 0) is 4.79 Å². The first-order valence-corrected chi connectivity index (χ1v) is 10.2. The molecule has 2 aromatic rings. The normalized spacial score (nSPS) is 18.3. The molecule has 6 nitrogen and oxygen atoms in total. The molecular weight excluding hydrogens is 409 g/mol. The number of hydrazine groups is 1. The summed E-state index contributed by atoms with van der Waals surface area (Å²) in [6.45, 7) is 0.438.